The molecule has 0 aliphatic heterocycles. The van der Waals surface area contributed by atoms with E-state index >= 15 is 0 Å². The lowest BCUT2D eigenvalue weighted by Crippen LogP contribution is -2.19. The summed E-state index contributed by atoms with van der Waals surface area (Å²) in [4.78, 5) is 16.1. The predicted molar refractivity (Wildman–Crippen MR) is 89.7 cm³/mol. The first kappa shape index (κ1) is 18.6. The number of aromatic nitrogens is 1. The van der Waals surface area contributed by atoms with Crippen molar-refractivity contribution < 1.29 is 18.0 Å². The molecule has 0 radical (unpaired) electrons. The second-order valence-corrected chi connectivity index (χ2v) is 6.43. The molecule has 128 valence electrons. The fourth-order valence-electron chi connectivity index (χ4n) is 1.87. The number of pyridine rings is 1. The van der Waals surface area contributed by atoms with Crippen LogP contribution >= 0.6 is 23.4 Å². The SMILES string of the molecule is CCCSc1cc(C(F)(F)F)c(C(=O)Nc2ccc(Cl)cc2)cn1. The molecular formula is C16H14ClF3N2OS. The van der Waals surface area contributed by atoms with E-state index in [1.165, 1.54) is 36.0 Å². The summed E-state index contributed by atoms with van der Waals surface area (Å²) < 4.78 is 39.8. The summed E-state index contributed by atoms with van der Waals surface area (Å²) in [7, 11) is 0. The molecule has 2 aromatic rings. The lowest BCUT2D eigenvalue weighted by atomic mass is 10.1. The molecule has 1 N–H and O–H groups in total. The molecule has 1 amide bonds. The molecule has 8 heteroatoms. The number of benzene rings is 1. The zero-order valence-corrected chi connectivity index (χ0v) is 14.2. The van der Waals surface area contributed by atoms with Crippen LogP contribution in [-0.2, 0) is 6.18 Å². The Morgan fingerprint density at radius 1 is 1.29 bits per heavy atom. The van der Waals surface area contributed by atoms with Crippen LogP contribution < -0.4 is 5.32 Å². The Labute approximate surface area is 146 Å². The third kappa shape index (κ3) is 4.88. The van der Waals surface area contributed by atoms with Gasteiger partial charge in [-0.3, -0.25) is 4.79 Å². The number of nitrogens with zero attached hydrogens (tertiary/aromatic N) is 1. The Kier molecular flexibility index (Phi) is 6.12. The van der Waals surface area contributed by atoms with Gasteiger partial charge in [0.25, 0.3) is 5.91 Å². The number of halogens is 4. The van der Waals surface area contributed by atoms with Crippen LogP contribution in [0.25, 0.3) is 0 Å². The lowest BCUT2D eigenvalue weighted by molar-refractivity contribution is -0.138. The van der Waals surface area contributed by atoms with Gasteiger partial charge < -0.3 is 5.32 Å². The molecule has 1 aromatic heterocycles. The zero-order chi connectivity index (χ0) is 17.7. The van der Waals surface area contributed by atoms with Crippen molar-refractivity contribution >= 4 is 35.0 Å². The molecule has 0 saturated carbocycles. The third-order valence-electron chi connectivity index (χ3n) is 2.99. The first-order chi connectivity index (χ1) is 11.3. The predicted octanol–water partition coefficient (Wildman–Crippen LogP) is 5.51. The number of hydrogen-bond acceptors (Lipinski definition) is 3. The van der Waals surface area contributed by atoms with E-state index in [1.807, 2.05) is 6.92 Å². The average molecular weight is 375 g/mol. The van der Waals surface area contributed by atoms with E-state index in [0.717, 1.165) is 18.7 Å². The van der Waals surface area contributed by atoms with Crippen LogP contribution in [0.3, 0.4) is 0 Å². The van der Waals surface area contributed by atoms with Crippen LogP contribution in [0.4, 0.5) is 18.9 Å². The molecule has 0 atom stereocenters. The minimum Gasteiger partial charge on any atom is -0.322 e. The second-order valence-electron chi connectivity index (χ2n) is 4.88. The number of carbonyl (C=O) groups is 1. The summed E-state index contributed by atoms with van der Waals surface area (Å²) in [6, 6.07) is 6.99. The van der Waals surface area contributed by atoms with Crippen LogP contribution in [-0.4, -0.2) is 16.6 Å². The summed E-state index contributed by atoms with van der Waals surface area (Å²) in [5, 5.41) is 3.12. The molecule has 0 bridgehead atoms. The Morgan fingerprint density at radius 2 is 1.96 bits per heavy atom. The van der Waals surface area contributed by atoms with E-state index in [0.29, 0.717) is 16.5 Å². The van der Waals surface area contributed by atoms with Gasteiger partial charge in [0.15, 0.2) is 0 Å². The van der Waals surface area contributed by atoms with Gasteiger partial charge in [0, 0.05) is 16.9 Å². The topological polar surface area (TPSA) is 42.0 Å². The highest BCUT2D eigenvalue weighted by Crippen LogP contribution is 2.34. The molecule has 0 aliphatic rings. The first-order valence-electron chi connectivity index (χ1n) is 7.08. The van der Waals surface area contributed by atoms with E-state index in [9.17, 15) is 18.0 Å². The number of carbonyl (C=O) groups excluding carboxylic acids is 1. The normalized spacial score (nSPS) is 11.4. The second kappa shape index (κ2) is 7.90. The van der Waals surface area contributed by atoms with Gasteiger partial charge in [-0.15, -0.1) is 11.8 Å². The maximum atomic E-state index is 13.3. The molecule has 0 fully saturated rings. The van der Waals surface area contributed by atoms with E-state index < -0.39 is 23.2 Å². The lowest BCUT2D eigenvalue weighted by Gasteiger charge is -2.14. The maximum absolute atomic E-state index is 13.3. The fraction of sp³-hybridized carbons (Fsp3) is 0.250. The highest BCUT2D eigenvalue weighted by atomic mass is 35.5. The molecule has 24 heavy (non-hydrogen) atoms. The maximum Gasteiger partial charge on any atom is 0.417 e. The largest absolute Gasteiger partial charge is 0.417 e. The van der Waals surface area contributed by atoms with E-state index in [2.05, 4.69) is 10.3 Å². The molecule has 2 rings (SSSR count). The first-order valence-corrected chi connectivity index (χ1v) is 8.44. The third-order valence-corrected chi connectivity index (χ3v) is 4.37. The minimum atomic E-state index is -4.64. The molecule has 1 aromatic carbocycles. The Morgan fingerprint density at radius 3 is 2.54 bits per heavy atom. The Hall–Kier alpha value is -1.73. The quantitative estimate of drug-likeness (QED) is 0.702. The van der Waals surface area contributed by atoms with Crippen LogP contribution in [0.2, 0.25) is 5.02 Å². The van der Waals surface area contributed by atoms with Gasteiger partial charge in [0.2, 0.25) is 0 Å². The van der Waals surface area contributed by atoms with Crippen molar-refractivity contribution in [2.45, 2.75) is 24.5 Å². The van der Waals surface area contributed by atoms with Crippen molar-refractivity contribution in [2.75, 3.05) is 11.1 Å². The Bertz CT molecular complexity index is 720. The molecule has 0 aliphatic carbocycles. The van der Waals surface area contributed by atoms with E-state index in [4.69, 9.17) is 11.6 Å². The van der Waals surface area contributed by atoms with Gasteiger partial charge in [-0.1, -0.05) is 18.5 Å². The molecule has 1 heterocycles. The number of amides is 1. The number of anilines is 1. The minimum absolute atomic E-state index is 0.243. The zero-order valence-electron chi connectivity index (χ0n) is 12.7. The number of nitrogens with one attached hydrogen (secondary N) is 1. The van der Waals surface area contributed by atoms with Crippen molar-refractivity contribution in [2.24, 2.45) is 0 Å². The standard InChI is InChI=1S/C16H14ClF3N2OS/c1-2-7-24-14-8-13(16(18,19)20)12(9-21-14)15(23)22-11-5-3-10(17)4-6-11/h3-6,8-9H,2,7H2,1H3,(H,22,23). The average Bonchev–Trinajstić information content (AvgIpc) is 2.54. The van der Waals surface area contributed by atoms with Crippen molar-refractivity contribution in [1.29, 1.82) is 0 Å². The van der Waals surface area contributed by atoms with Crippen LogP contribution in [0, 0.1) is 0 Å². The molecule has 0 unspecified atom stereocenters. The molecular weight excluding hydrogens is 361 g/mol. The van der Waals surface area contributed by atoms with Gasteiger partial charge in [0.05, 0.1) is 16.2 Å². The summed E-state index contributed by atoms with van der Waals surface area (Å²) in [5.41, 5.74) is -1.16. The number of hydrogen-bond donors (Lipinski definition) is 1. The van der Waals surface area contributed by atoms with E-state index in [-0.39, 0.29) is 5.03 Å². The monoisotopic (exact) mass is 374 g/mol. The summed E-state index contributed by atoms with van der Waals surface area (Å²) >= 11 is 6.95. The van der Waals surface area contributed by atoms with Gasteiger partial charge in [-0.2, -0.15) is 13.2 Å². The van der Waals surface area contributed by atoms with E-state index in [1.54, 1.807) is 0 Å². The molecule has 3 nitrogen and oxygen atoms in total. The number of alkyl halides is 3. The summed E-state index contributed by atoms with van der Waals surface area (Å²) in [6.45, 7) is 1.92. The van der Waals surface area contributed by atoms with Crippen molar-refractivity contribution in [3.05, 3.63) is 52.7 Å². The van der Waals surface area contributed by atoms with Gasteiger partial charge in [0.1, 0.15) is 0 Å². The summed E-state index contributed by atoms with van der Waals surface area (Å²) in [5.74, 6) is -0.218. The van der Waals surface area contributed by atoms with Gasteiger partial charge in [-0.05, 0) is 42.5 Å². The van der Waals surface area contributed by atoms with Crippen LogP contribution in [0.15, 0.2) is 41.6 Å². The molecule has 0 saturated heterocycles. The fourth-order valence-corrected chi connectivity index (χ4v) is 2.74. The highest BCUT2D eigenvalue weighted by molar-refractivity contribution is 7.99. The Balaban J connectivity index is 2.30. The molecule has 0 spiro atoms. The smallest absolute Gasteiger partial charge is 0.322 e. The number of rotatable bonds is 5. The van der Waals surface area contributed by atoms with Crippen molar-refractivity contribution in [3.8, 4) is 0 Å². The summed E-state index contributed by atoms with van der Waals surface area (Å²) in [6.07, 6.45) is -2.87. The highest BCUT2D eigenvalue weighted by Gasteiger charge is 2.36. The van der Waals surface area contributed by atoms with Gasteiger partial charge >= 0.3 is 6.18 Å². The number of thioether (sulfide) groups is 1. The van der Waals surface area contributed by atoms with Crippen LogP contribution in [0.5, 0.6) is 0 Å². The van der Waals surface area contributed by atoms with Gasteiger partial charge in [-0.25, -0.2) is 4.98 Å². The van der Waals surface area contributed by atoms with Crippen LogP contribution in [0.1, 0.15) is 29.3 Å². The van der Waals surface area contributed by atoms with Crippen molar-refractivity contribution in [1.82, 2.24) is 4.98 Å². The van der Waals surface area contributed by atoms with Crippen molar-refractivity contribution in [3.63, 3.8) is 0 Å².